The van der Waals surface area contributed by atoms with Gasteiger partial charge in [0.15, 0.2) is 0 Å². The van der Waals surface area contributed by atoms with Crippen LogP contribution in [-0.4, -0.2) is 25.2 Å². The van der Waals surface area contributed by atoms with Crippen LogP contribution in [0.5, 0.6) is 0 Å². The van der Waals surface area contributed by atoms with Gasteiger partial charge in [-0.25, -0.2) is 0 Å². The Labute approximate surface area is 172 Å². The summed E-state index contributed by atoms with van der Waals surface area (Å²) in [7, 11) is 0. The highest BCUT2D eigenvalue weighted by Gasteiger charge is 2.56. The van der Waals surface area contributed by atoms with Gasteiger partial charge in [-0.2, -0.15) is 0 Å². The van der Waals surface area contributed by atoms with E-state index in [2.05, 4.69) is 36.5 Å². The van der Waals surface area contributed by atoms with Crippen LogP contribution in [0.2, 0.25) is 0 Å². The minimum absolute atomic E-state index is 0.00979. The van der Waals surface area contributed by atoms with Crippen LogP contribution in [0.15, 0.2) is 91.0 Å². The fraction of sp³-hybridized carbons (Fsp3) is 0.269. The molecular formula is C26H27NO2. The number of nitrogens with one attached hydrogen (secondary N) is 1. The second-order valence-electron chi connectivity index (χ2n) is 7.72. The molecule has 0 aliphatic carbocycles. The van der Waals surface area contributed by atoms with Crippen LogP contribution >= 0.6 is 0 Å². The molecule has 3 heteroatoms. The van der Waals surface area contributed by atoms with Gasteiger partial charge in [0.25, 0.3) is 0 Å². The number of rotatable bonds is 7. The third-order valence-corrected chi connectivity index (χ3v) is 6.06. The van der Waals surface area contributed by atoms with Gasteiger partial charge in [-0.05, 0) is 36.6 Å². The van der Waals surface area contributed by atoms with E-state index in [1.807, 2.05) is 66.7 Å². The minimum Gasteiger partial charge on any atom is -0.464 e. The second kappa shape index (κ2) is 8.62. The zero-order valence-electron chi connectivity index (χ0n) is 16.8. The van der Waals surface area contributed by atoms with Crippen LogP contribution in [0.1, 0.15) is 23.6 Å². The Hall–Kier alpha value is -2.91. The Morgan fingerprint density at radius 1 is 0.897 bits per heavy atom. The summed E-state index contributed by atoms with van der Waals surface area (Å²) in [5.74, 6) is -0.146. The number of hydrogen-bond acceptors (Lipinski definition) is 3. The fourth-order valence-corrected chi connectivity index (χ4v) is 4.54. The van der Waals surface area contributed by atoms with Crippen molar-refractivity contribution < 1.29 is 9.53 Å². The molecule has 2 atom stereocenters. The molecule has 0 amide bonds. The largest absolute Gasteiger partial charge is 0.464 e. The molecule has 3 aromatic rings. The molecule has 1 fully saturated rings. The molecular weight excluding hydrogens is 358 g/mol. The number of ether oxygens (including phenoxy) is 1. The zero-order chi connectivity index (χ0) is 20.1. The van der Waals surface area contributed by atoms with E-state index in [1.165, 1.54) is 5.56 Å². The average molecular weight is 386 g/mol. The van der Waals surface area contributed by atoms with Gasteiger partial charge in [0.2, 0.25) is 0 Å². The smallest absolute Gasteiger partial charge is 0.321 e. The maximum Gasteiger partial charge on any atom is 0.321 e. The van der Waals surface area contributed by atoms with Gasteiger partial charge in [-0.3, -0.25) is 4.79 Å². The van der Waals surface area contributed by atoms with Crippen molar-refractivity contribution in [2.45, 2.75) is 24.8 Å². The van der Waals surface area contributed by atoms with E-state index in [0.717, 1.165) is 24.1 Å². The summed E-state index contributed by atoms with van der Waals surface area (Å²) in [4.78, 5) is 13.3. The zero-order valence-corrected chi connectivity index (χ0v) is 16.8. The van der Waals surface area contributed by atoms with E-state index in [9.17, 15) is 4.79 Å². The number of carbonyl (C=O) groups excluding carboxylic acids is 1. The standard InChI is InChI=1S/C26H27NO2/c1-20(27-18-17-21-11-5-2-6-12-21)24-19-29-25(28)26(24,22-13-7-3-8-14-22)23-15-9-4-10-16-23/h2-16,20,24,27H,17-19H2,1H3. The molecule has 0 radical (unpaired) electrons. The van der Waals surface area contributed by atoms with Crippen LogP contribution in [0.25, 0.3) is 0 Å². The van der Waals surface area contributed by atoms with Gasteiger partial charge in [-0.1, -0.05) is 91.0 Å². The molecule has 1 heterocycles. The Kier molecular flexibility index (Phi) is 5.77. The van der Waals surface area contributed by atoms with E-state index in [-0.39, 0.29) is 17.9 Å². The average Bonchev–Trinajstić information content (AvgIpc) is 3.13. The molecule has 2 unspecified atom stereocenters. The number of cyclic esters (lactones) is 1. The topological polar surface area (TPSA) is 38.3 Å². The van der Waals surface area contributed by atoms with Crippen LogP contribution in [0, 0.1) is 5.92 Å². The molecule has 4 rings (SSSR count). The Morgan fingerprint density at radius 3 is 1.97 bits per heavy atom. The normalized spacial score (nSPS) is 18.9. The number of esters is 1. The number of carbonyl (C=O) groups is 1. The SMILES string of the molecule is CC(NCCc1ccccc1)C1COC(=O)C1(c1ccccc1)c1ccccc1. The Balaban J connectivity index is 1.63. The van der Waals surface area contributed by atoms with Crippen molar-refractivity contribution >= 4 is 5.97 Å². The minimum atomic E-state index is -0.790. The van der Waals surface area contributed by atoms with Crippen molar-refractivity contribution in [1.29, 1.82) is 0 Å². The maximum atomic E-state index is 13.3. The third-order valence-electron chi connectivity index (χ3n) is 6.06. The summed E-state index contributed by atoms with van der Waals surface area (Å²) in [6.45, 7) is 3.44. The molecule has 1 saturated heterocycles. The molecule has 3 aromatic carbocycles. The maximum absolute atomic E-state index is 13.3. The molecule has 148 valence electrons. The first-order chi connectivity index (χ1) is 14.2. The van der Waals surface area contributed by atoms with Gasteiger partial charge >= 0.3 is 5.97 Å². The van der Waals surface area contributed by atoms with Crippen molar-refractivity contribution in [2.24, 2.45) is 5.92 Å². The van der Waals surface area contributed by atoms with Gasteiger partial charge in [0, 0.05) is 12.0 Å². The Morgan fingerprint density at radius 2 is 1.41 bits per heavy atom. The quantitative estimate of drug-likeness (QED) is 0.614. The molecule has 1 N–H and O–H groups in total. The molecule has 0 spiro atoms. The highest BCUT2D eigenvalue weighted by Crippen LogP contribution is 2.46. The predicted octanol–water partition coefficient (Wildman–Crippen LogP) is 4.37. The van der Waals surface area contributed by atoms with Crippen molar-refractivity contribution in [1.82, 2.24) is 5.32 Å². The summed E-state index contributed by atoms with van der Waals surface area (Å²) in [6, 6.07) is 30.7. The number of benzene rings is 3. The molecule has 0 saturated carbocycles. The summed E-state index contributed by atoms with van der Waals surface area (Å²) in [6.07, 6.45) is 0.955. The molecule has 0 aromatic heterocycles. The molecule has 29 heavy (non-hydrogen) atoms. The Bertz CT molecular complexity index is 885. The van der Waals surface area contributed by atoms with Crippen LogP contribution in [0.4, 0.5) is 0 Å². The van der Waals surface area contributed by atoms with Crippen molar-refractivity contribution in [3.05, 3.63) is 108 Å². The van der Waals surface area contributed by atoms with Crippen LogP contribution < -0.4 is 5.32 Å². The van der Waals surface area contributed by atoms with Gasteiger partial charge < -0.3 is 10.1 Å². The lowest BCUT2D eigenvalue weighted by Gasteiger charge is -2.36. The molecule has 1 aliphatic rings. The highest BCUT2D eigenvalue weighted by atomic mass is 16.5. The first-order valence-electron chi connectivity index (χ1n) is 10.3. The number of hydrogen-bond donors (Lipinski definition) is 1. The van der Waals surface area contributed by atoms with Gasteiger partial charge in [0.1, 0.15) is 5.41 Å². The molecule has 1 aliphatic heterocycles. The van der Waals surface area contributed by atoms with E-state index >= 15 is 0 Å². The summed E-state index contributed by atoms with van der Waals surface area (Å²) in [5.41, 5.74) is 2.51. The van der Waals surface area contributed by atoms with Crippen molar-refractivity contribution in [3.63, 3.8) is 0 Å². The van der Waals surface area contributed by atoms with E-state index < -0.39 is 5.41 Å². The molecule has 3 nitrogen and oxygen atoms in total. The van der Waals surface area contributed by atoms with Crippen molar-refractivity contribution in [3.8, 4) is 0 Å². The highest BCUT2D eigenvalue weighted by molar-refractivity contribution is 5.90. The van der Waals surface area contributed by atoms with E-state index in [4.69, 9.17) is 4.74 Å². The lowest BCUT2D eigenvalue weighted by Crippen LogP contribution is -2.48. The first kappa shape index (κ1) is 19.4. The van der Waals surface area contributed by atoms with Crippen LogP contribution in [0.3, 0.4) is 0 Å². The lowest BCUT2D eigenvalue weighted by atomic mass is 9.65. The lowest BCUT2D eigenvalue weighted by molar-refractivity contribution is -0.141. The van der Waals surface area contributed by atoms with E-state index in [0.29, 0.717) is 6.61 Å². The van der Waals surface area contributed by atoms with Gasteiger partial charge in [-0.15, -0.1) is 0 Å². The van der Waals surface area contributed by atoms with Crippen molar-refractivity contribution in [2.75, 3.05) is 13.2 Å². The summed E-state index contributed by atoms with van der Waals surface area (Å²) >= 11 is 0. The second-order valence-corrected chi connectivity index (χ2v) is 7.72. The first-order valence-corrected chi connectivity index (χ1v) is 10.3. The third kappa shape index (κ3) is 3.70. The monoisotopic (exact) mass is 385 g/mol. The predicted molar refractivity (Wildman–Crippen MR) is 116 cm³/mol. The van der Waals surface area contributed by atoms with Gasteiger partial charge in [0.05, 0.1) is 6.61 Å². The molecule has 0 bridgehead atoms. The van der Waals surface area contributed by atoms with E-state index in [1.54, 1.807) is 0 Å². The fourth-order valence-electron chi connectivity index (χ4n) is 4.54. The van der Waals surface area contributed by atoms with Crippen LogP contribution in [-0.2, 0) is 21.4 Å². The summed E-state index contributed by atoms with van der Waals surface area (Å²) < 4.78 is 5.70. The summed E-state index contributed by atoms with van der Waals surface area (Å²) in [5, 5.41) is 3.66.